The summed E-state index contributed by atoms with van der Waals surface area (Å²) in [6, 6.07) is 15.2. The fraction of sp³-hybridized carbons (Fsp3) is 0.0909. The Morgan fingerprint density at radius 2 is 1.73 bits per heavy atom. The van der Waals surface area contributed by atoms with Gasteiger partial charge < -0.3 is 5.11 Å². The minimum absolute atomic E-state index is 0.0156. The van der Waals surface area contributed by atoms with Crippen LogP contribution >= 0.6 is 11.3 Å². The van der Waals surface area contributed by atoms with Gasteiger partial charge in [0.25, 0.3) is 26.1 Å². The third-order valence-electron chi connectivity index (χ3n) is 5.40. The van der Waals surface area contributed by atoms with Crippen LogP contribution in [0.2, 0.25) is 0 Å². The molecule has 0 saturated heterocycles. The molecule has 0 aliphatic carbocycles. The Balaban J connectivity index is 1.80. The average Bonchev–Trinajstić information content (AvgIpc) is 3.47. The summed E-state index contributed by atoms with van der Waals surface area (Å²) in [6.45, 7) is 1.05. The summed E-state index contributed by atoms with van der Waals surface area (Å²) in [4.78, 5) is 6.23. The predicted octanol–water partition coefficient (Wildman–Crippen LogP) is 2.11. The van der Waals surface area contributed by atoms with Crippen LogP contribution in [0.25, 0.3) is 32.4 Å². The zero-order valence-corrected chi connectivity index (χ0v) is 21.4. The lowest BCUT2D eigenvalue weighted by atomic mass is 10.1. The number of tetrazole rings is 1. The molecule has 0 saturated carbocycles. The second-order valence-corrected chi connectivity index (χ2v) is 11.8. The van der Waals surface area contributed by atoms with Crippen molar-refractivity contribution >= 4 is 41.8 Å². The van der Waals surface area contributed by atoms with Crippen molar-refractivity contribution in [2.45, 2.75) is 23.3 Å². The number of nitrogens with zero attached hydrogens (tertiary/aromatic N) is 5. The van der Waals surface area contributed by atoms with Crippen LogP contribution < -0.4 is 4.80 Å². The van der Waals surface area contributed by atoms with Gasteiger partial charge in [0.05, 0.1) is 21.8 Å². The summed E-state index contributed by atoms with van der Waals surface area (Å²) < 4.78 is 67.6. The smallest absolute Gasteiger partial charge is 0.365 e. The molecule has 5 aromatic rings. The van der Waals surface area contributed by atoms with Crippen molar-refractivity contribution in [2.75, 3.05) is 0 Å². The molecule has 3 aromatic carbocycles. The number of hydrogen-bond donors (Lipinski definition) is 3. The van der Waals surface area contributed by atoms with E-state index in [1.165, 1.54) is 39.1 Å². The minimum Gasteiger partial charge on any atom is -0.392 e. The molecule has 5 rings (SSSR count). The van der Waals surface area contributed by atoms with Crippen LogP contribution in [0.3, 0.4) is 0 Å². The fourth-order valence-electron chi connectivity index (χ4n) is 3.69. The van der Waals surface area contributed by atoms with Crippen molar-refractivity contribution in [3.05, 3.63) is 71.8 Å². The highest BCUT2D eigenvalue weighted by molar-refractivity contribution is 7.86. The van der Waals surface area contributed by atoms with Crippen LogP contribution in [-0.2, 0) is 26.8 Å². The van der Waals surface area contributed by atoms with Crippen LogP contribution in [-0.4, -0.2) is 51.0 Å². The number of thiazole rings is 1. The fourth-order valence-corrected chi connectivity index (χ4v) is 5.90. The summed E-state index contributed by atoms with van der Waals surface area (Å²) in [5, 5.41) is 19.2. The molecule has 12 nitrogen and oxygen atoms in total. The molecule has 0 atom stereocenters. The first-order valence-corrected chi connectivity index (χ1v) is 14.2. The first-order chi connectivity index (χ1) is 17.5. The van der Waals surface area contributed by atoms with Crippen LogP contribution in [0.4, 0.5) is 0 Å². The summed E-state index contributed by atoms with van der Waals surface area (Å²) >= 11 is 1.26. The van der Waals surface area contributed by atoms with Gasteiger partial charge in [-0.3, -0.25) is 9.11 Å². The van der Waals surface area contributed by atoms with E-state index < -0.39 is 36.6 Å². The van der Waals surface area contributed by atoms with E-state index in [-0.39, 0.29) is 22.6 Å². The number of fused-ring (bicyclic) bond motifs is 1. The number of hydrogen-bond acceptors (Lipinski definition) is 9. The van der Waals surface area contributed by atoms with E-state index in [1.807, 2.05) is 18.2 Å². The second-order valence-electron chi connectivity index (χ2n) is 7.97. The second kappa shape index (κ2) is 9.05. The van der Waals surface area contributed by atoms with Gasteiger partial charge in [0, 0.05) is 10.7 Å². The summed E-state index contributed by atoms with van der Waals surface area (Å²) in [5.74, 6) is -0.0883. The highest BCUT2D eigenvalue weighted by atomic mass is 32.2. The minimum atomic E-state index is -4.64. The van der Waals surface area contributed by atoms with E-state index in [1.54, 1.807) is 19.1 Å². The lowest BCUT2D eigenvalue weighted by molar-refractivity contribution is -0.734. The van der Waals surface area contributed by atoms with Crippen molar-refractivity contribution in [3.63, 3.8) is 0 Å². The molecule has 37 heavy (non-hydrogen) atoms. The number of aliphatic hydroxyl groups excluding tert-OH is 1. The lowest BCUT2D eigenvalue weighted by Gasteiger charge is -2.07. The van der Waals surface area contributed by atoms with E-state index in [4.69, 9.17) is 0 Å². The standard InChI is InChI=1S/C22H17N5O7S3/c1-13-6-8-16(20(10-13)37(32,33)34)21-24-26(18-9-7-15(36(29,30)31)11-14(18)12-28)27(25-21)22-23-17-4-2-3-5-19(17)35-22/h2-11,28H,12H2,1H3,(H-,29,30,31,32,33,34)/p+1. The maximum Gasteiger partial charge on any atom is 0.365 e. The molecule has 0 aliphatic heterocycles. The van der Waals surface area contributed by atoms with Crippen LogP contribution in [0.5, 0.6) is 0 Å². The Morgan fingerprint density at radius 3 is 2.41 bits per heavy atom. The number of rotatable bonds is 6. The Hall–Kier alpha value is -3.60. The van der Waals surface area contributed by atoms with Gasteiger partial charge in [0.15, 0.2) is 5.52 Å². The maximum absolute atomic E-state index is 12.1. The number of aryl methyl sites for hydroxylation is 1. The Kier molecular flexibility index (Phi) is 6.13. The third-order valence-corrected chi connectivity index (χ3v) is 8.15. The molecule has 2 heterocycles. The molecule has 0 radical (unpaired) electrons. The van der Waals surface area contributed by atoms with Crippen LogP contribution in [0.15, 0.2) is 70.5 Å². The molecule has 3 N–H and O–H groups in total. The van der Waals surface area contributed by atoms with Gasteiger partial charge in [-0.25, -0.2) is 0 Å². The molecule has 0 fully saturated rings. The van der Waals surface area contributed by atoms with Gasteiger partial charge in [-0.1, -0.05) is 34.5 Å². The van der Waals surface area contributed by atoms with Crippen molar-refractivity contribution in [3.8, 4) is 22.2 Å². The summed E-state index contributed by atoms with van der Waals surface area (Å²) in [6.07, 6.45) is 0. The highest BCUT2D eigenvalue weighted by Gasteiger charge is 2.29. The Labute approximate surface area is 214 Å². The summed E-state index contributed by atoms with van der Waals surface area (Å²) in [7, 11) is -9.18. The van der Waals surface area contributed by atoms with Crippen molar-refractivity contribution in [2.24, 2.45) is 0 Å². The van der Waals surface area contributed by atoms with Crippen molar-refractivity contribution in [1.29, 1.82) is 0 Å². The highest BCUT2D eigenvalue weighted by Crippen LogP contribution is 2.28. The SMILES string of the molecule is Cc1ccc(-c2nn(-c3ccc(S(=O)(=O)O)cc3CO)[n+](-c3nc4ccccc4s3)n2)c(S(=O)(=O)O)c1. The molecule has 0 bridgehead atoms. The molecular formula is C22H18N5O7S3+. The molecule has 0 spiro atoms. The molecule has 190 valence electrons. The van der Waals surface area contributed by atoms with Gasteiger partial charge in [-0.2, -0.15) is 16.8 Å². The van der Waals surface area contributed by atoms with E-state index in [9.17, 15) is 31.0 Å². The molecule has 15 heteroatoms. The quantitative estimate of drug-likeness (QED) is 0.206. The number of benzene rings is 3. The van der Waals surface area contributed by atoms with Crippen LogP contribution in [0, 0.1) is 6.92 Å². The zero-order chi connectivity index (χ0) is 26.5. The molecule has 0 aliphatic rings. The van der Waals surface area contributed by atoms with Crippen molar-refractivity contribution in [1.82, 2.24) is 20.0 Å². The zero-order valence-electron chi connectivity index (χ0n) is 18.9. The largest absolute Gasteiger partial charge is 0.392 e. The molecule has 0 unspecified atom stereocenters. The van der Waals surface area contributed by atoms with E-state index in [2.05, 4.69) is 15.2 Å². The number of aromatic nitrogens is 5. The number of para-hydroxylation sites is 1. The number of aliphatic hydroxyl groups is 1. The van der Waals surface area contributed by atoms with Gasteiger partial charge in [0.2, 0.25) is 0 Å². The van der Waals surface area contributed by atoms with Gasteiger partial charge in [-0.15, -0.1) is 0 Å². The van der Waals surface area contributed by atoms with E-state index in [0.29, 0.717) is 16.2 Å². The monoisotopic (exact) mass is 560 g/mol. The normalized spacial score (nSPS) is 12.3. The maximum atomic E-state index is 12.1. The topological polar surface area (TPSA) is 176 Å². The molecular weight excluding hydrogens is 542 g/mol. The first-order valence-electron chi connectivity index (χ1n) is 10.5. The van der Waals surface area contributed by atoms with Gasteiger partial charge >= 0.3 is 5.13 Å². The van der Waals surface area contributed by atoms with Crippen LogP contribution in [0.1, 0.15) is 11.1 Å². The predicted molar refractivity (Wildman–Crippen MR) is 132 cm³/mol. The van der Waals surface area contributed by atoms with Gasteiger partial charge in [0.1, 0.15) is 10.6 Å². The van der Waals surface area contributed by atoms with Crippen molar-refractivity contribution < 1.29 is 35.8 Å². The average molecular weight is 561 g/mol. The third kappa shape index (κ3) is 4.75. The summed E-state index contributed by atoms with van der Waals surface area (Å²) in [5.41, 5.74) is 1.54. The van der Waals surface area contributed by atoms with E-state index in [0.717, 1.165) is 16.8 Å². The molecule has 2 aromatic heterocycles. The van der Waals surface area contributed by atoms with E-state index >= 15 is 0 Å². The lowest BCUT2D eigenvalue weighted by Crippen LogP contribution is -2.43. The molecule has 0 amide bonds. The Bertz CT molecular complexity index is 1860. The van der Waals surface area contributed by atoms with Gasteiger partial charge in [-0.05, 0) is 69.6 Å². The Morgan fingerprint density at radius 1 is 0.973 bits per heavy atom. The first kappa shape index (κ1) is 25.1.